The summed E-state index contributed by atoms with van der Waals surface area (Å²) in [6.07, 6.45) is 96.2. The van der Waals surface area contributed by atoms with Crippen molar-refractivity contribution in [3.63, 3.8) is 0 Å². The van der Waals surface area contributed by atoms with Gasteiger partial charge in [0.15, 0.2) is 6.10 Å². The van der Waals surface area contributed by atoms with Gasteiger partial charge in [0.05, 0.1) is 34.4 Å². The molecule has 9 nitrogen and oxygen atoms in total. The molecule has 0 aliphatic carbocycles. The normalized spacial score (nSPS) is 13.7. The summed E-state index contributed by atoms with van der Waals surface area (Å²) in [5.74, 6) is -2.03. The van der Waals surface area contributed by atoms with Gasteiger partial charge in [-0.05, 0) is 122 Å². The quantitative estimate of drug-likeness (QED) is 0.0211. The SMILES string of the molecule is CC/C=C\C/C=C\C/C=C\C/C=C\C/C=C\C/C=C\C/C=C\C/C=C\CCCCCCCCCCC(=O)OC(COC(=O)CCCCCCCCCCCCCCC/C=C\C/C=C\C/C=C\C/C=C\C/C=C\CC)COC(OCC[N+](C)(C)C)C(=O)O. The number of carboxylic acids is 1. The number of carbonyl (C=O) groups is 3. The van der Waals surface area contributed by atoms with Crippen molar-refractivity contribution in [1.29, 1.82) is 0 Å². The number of unbranched alkanes of at least 4 members (excludes halogenated alkanes) is 21. The smallest absolute Gasteiger partial charge is 0.361 e. The first-order valence-corrected chi connectivity index (χ1v) is 34.6. The van der Waals surface area contributed by atoms with Gasteiger partial charge in [0.25, 0.3) is 6.29 Å². The molecule has 2 unspecified atom stereocenters. The summed E-state index contributed by atoms with van der Waals surface area (Å²) in [4.78, 5) is 37.6. The van der Waals surface area contributed by atoms with Crippen LogP contribution >= 0.6 is 0 Å². The van der Waals surface area contributed by atoms with Crippen molar-refractivity contribution in [3.8, 4) is 0 Å². The molecule has 2 atom stereocenters. The lowest BCUT2D eigenvalue weighted by Crippen LogP contribution is -2.40. The summed E-state index contributed by atoms with van der Waals surface area (Å²) < 4.78 is 23.0. The minimum atomic E-state index is -1.52. The van der Waals surface area contributed by atoms with E-state index >= 15 is 0 Å². The Balaban J connectivity index is 4.20. The summed E-state index contributed by atoms with van der Waals surface area (Å²) in [6.45, 7) is 4.63. The van der Waals surface area contributed by atoms with Gasteiger partial charge < -0.3 is 28.5 Å². The van der Waals surface area contributed by atoms with Crippen LogP contribution in [-0.4, -0.2) is 87.4 Å². The van der Waals surface area contributed by atoms with Crippen molar-refractivity contribution < 1.29 is 42.9 Å². The second kappa shape index (κ2) is 66.9. The largest absolute Gasteiger partial charge is 0.477 e. The van der Waals surface area contributed by atoms with E-state index in [1.54, 1.807) is 0 Å². The van der Waals surface area contributed by atoms with Gasteiger partial charge in [-0.15, -0.1) is 0 Å². The van der Waals surface area contributed by atoms with E-state index < -0.39 is 24.3 Å². The van der Waals surface area contributed by atoms with Gasteiger partial charge in [0.1, 0.15) is 13.2 Å². The highest BCUT2D eigenvalue weighted by Crippen LogP contribution is 2.16. The molecule has 492 valence electrons. The zero-order valence-electron chi connectivity index (χ0n) is 56.1. The number of ether oxygens (including phenoxy) is 4. The molecular weight excluding hydrogens is 1080 g/mol. The van der Waals surface area contributed by atoms with Crippen LogP contribution in [0.2, 0.25) is 0 Å². The summed E-state index contributed by atoms with van der Waals surface area (Å²) in [7, 11) is 5.96. The zero-order valence-corrected chi connectivity index (χ0v) is 56.1. The fourth-order valence-electron chi connectivity index (χ4n) is 9.06. The summed E-state index contributed by atoms with van der Waals surface area (Å²) in [5.41, 5.74) is 0. The molecule has 87 heavy (non-hydrogen) atoms. The molecule has 0 rings (SSSR count). The van der Waals surface area contributed by atoms with Gasteiger partial charge in [-0.1, -0.05) is 281 Å². The van der Waals surface area contributed by atoms with Gasteiger partial charge in [-0.2, -0.15) is 0 Å². The molecular formula is C78H128NO8+. The van der Waals surface area contributed by atoms with Crippen molar-refractivity contribution in [2.75, 3.05) is 47.5 Å². The number of carboxylic acid groups (broad SMARTS) is 1. The second-order valence-corrected chi connectivity index (χ2v) is 23.7. The molecule has 0 heterocycles. The predicted octanol–water partition coefficient (Wildman–Crippen LogP) is 21.7. The van der Waals surface area contributed by atoms with Crippen LogP contribution in [0.1, 0.15) is 258 Å². The number of carbonyl (C=O) groups excluding carboxylic acids is 2. The number of nitrogens with zero attached hydrogens (tertiary/aromatic N) is 1. The minimum Gasteiger partial charge on any atom is -0.477 e. The fraction of sp³-hybridized carbons (Fsp3) is 0.628. The molecule has 0 aromatic rings. The van der Waals surface area contributed by atoms with E-state index in [0.29, 0.717) is 17.4 Å². The Morgan fingerprint density at radius 3 is 0.920 bits per heavy atom. The summed E-state index contributed by atoms with van der Waals surface area (Å²) >= 11 is 0. The van der Waals surface area contributed by atoms with E-state index in [-0.39, 0.29) is 38.6 Å². The van der Waals surface area contributed by atoms with Crippen molar-refractivity contribution in [2.24, 2.45) is 0 Å². The number of rotatable bonds is 62. The fourth-order valence-corrected chi connectivity index (χ4v) is 9.06. The van der Waals surface area contributed by atoms with Gasteiger partial charge in [0.2, 0.25) is 0 Å². The standard InChI is InChI=1S/C78H127NO8/c1-6-8-10-12-14-16-18-20-22-24-26-28-30-32-34-36-37-38-39-41-43-45-47-49-51-53-55-57-59-61-63-65-67-69-76(81)87-74(73-86-78(77(82)83)84-71-70-79(3,4)5)72-85-75(80)68-66-64-62-60-58-56-54-52-50-48-46-44-42-40-35-33-31-29-27-25-23-21-19-17-15-13-11-9-7-2/h8-11,14-17,20-23,26-29,32-35,37-38,41,43,47,49,74,78H,6-7,12-13,18-19,24-25,30-31,36,39-40,42,44-46,48,50-73H2,1-5H3/p+1/b10-8-,11-9-,16-14-,17-15-,22-20-,23-21-,28-26-,29-27-,34-32-,35-33-,38-37-,43-41-,49-47-. The number of likely N-dealkylation sites (N-methyl/N-ethyl adjacent to an activating group) is 1. The molecule has 0 aromatic carbocycles. The van der Waals surface area contributed by atoms with E-state index in [2.05, 4.69) is 172 Å². The monoisotopic (exact) mass is 1210 g/mol. The van der Waals surface area contributed by atoms with Crippen molar-refractivity contribution in [3.05, 3.63) is 158 Å². The molecule has 0 aliphatic heterocycles. The van der Waals surface area contributed by atoms with Crippen molar-refractivity contribution in [2.45, 2.75) is 270 Å². The van der Waals surface area contributed by atoms with Crippen molar-refractivity contribution in [1.82, 2.24) is 0 Å². The van der Waals surface area contributed by atoms with Gasteiger partial charge in [-0.25, -0.2) is 4.79 Å². The number of aliphatic carboxylic acids is 1. The zero-order chi connectivity index (χ0) is 63.3. The molecule has 0 aromatic heterocycles. The lowest BCUT2D eigenvalue weighted by Gasteiger charge is -2.25. The number of hydrogen-bond acceptors (Lipinski definition) is 7. The molecule has 0 saturated heterocycles. The lowest BCUT2D eigenvalue weighted by atomic mass is 10.0. The first-order chi connectivity index (χ1) is 42.6. The van der Waals surface area contributed by atoms with Gasteiger partial charge in [-0.3, -0.25) is 9.59 Å². The average Bonchev–Trinajstić information content (AvgIpc) is 3.59. The maximum absolute atomic E-state index is 12.9. The third-order valence-corrected chi connectivity index (χ3v) is 14.3. The molecule has 0 radical (unpaired) electrons. The van der Waals surface area contributed by atoms with Gasteiger partial charge in [0, 0.05) is 12.8 Å². The van der Waals surface area contributed by atoms with Crippen LogP contribution in [0.4, 0.5) is 0 Å². The maximum atomic E-state index is 12.9. The predicted molar refractivity (Wildman–Crippen MR) is 373 cm³/mol. The lowest BCUT2D eigenvalue weighted by molar-refractivity contribution is -0.870. The Labute approximate surface area is 534 Å². The molecule has 0 saturated carbocycles. The Morgan fingerprint density at radius 1 is 0.345 bits per heavy atom. The highest BCUT2D eigenvalue weighted by atomic mass is 16.7. The van der Waals surface area contributed by atoms with E-state index in [0.717, 1.165) is 128 Å². The van der Waals surface area contributed by atoms with Gasteiger partial charge >= 0.3 is 17.9 Å². The molecule has 0 bridgehead atoms. The van der Waals surface area contributed by atoms with Crippen LogP contribution in [0.5, 0.6) is 0 Å². The van der Waals surface area contributed by atoms with Crippen LogP contribution in [0.15, 0.2) is 158 Å². The third-order valence-electron chi connectivity index (χ3n) is 14.3. The summed E-state index contributed by atoms with van der Waals surface area (Å²) in [5, 5.41) is 9.75. The average molecular weight is 1210 g/mol. The van der Waals surface area contributed by atoms with E-state index in [9.17, 15) is 19.5 Å². The molecule has 1 N–H and O–H groups in total. The first-order valence-electron chi connectivity index (χ1n) is 34.6. The van der Waals surface area contributed by atoms with Crippen LogP contribution in [0.3, 0.4) is 0 Å². The van der Waals surface area contributed by atoms with Crippen LogP contribution in [-0.2, 0) is 33.3 Å². The molecule has 0 spiro atoms. The molecule has 9 heteroatoms. The van der Waals surface area contributed by atoms with E-state index in [1.165, 1.54) is 96.3 Å². The number of allylic oxidation sites excluding steroid dienone is 26. The van der Waals surface area contributed by atoms with E-state index in [1.807, 2.05) is 21.1 Å². The third kappa shape index (κ3) is 68.3. The Morgan fingerprint density at radius 2 is 0.621 bits per heavy atom. The molecule has 0 amide bonds. The molecule has 0 aliphatic rings. The number of hydrogen-bond donors (Lipinski definition) is 1. The highest BCUT2D eigenvalue weighted by Gasteiger charge is 2.25. The Hall–Kier alpha value is -5.09. The van der Waals surface area contributed by atoms with Crippen LogP contribution in [0, 0.1) is 0 Å². The Bertz CT molecular complexity index is 1990. The second-order valence-electron chi connectivity index (χ2n) is 23.7. The van der Waals surface area contributed by atoms with Crippen LogP contribution < -0.4 is 0 Å². The van der Waals surface area contributed by atoms with Crippen LogP contribution in [0.25, 0.3) is 0 Å². The first kappa shape index (κ1) is 81.9. The minimum absolute atomic E-state index is 0.178. The Kier molecular flexibility index (Phi) is 62.9. The topological polar surface area (TPSA) is 108 Å². The summed E-state index contributed by atoms with van der Waals surface area (Å²) in [6, 6.07) is 0. The maximum Gasteiger partial charge on any atom is 0.361 e. The van der Waals surface area contributed by atoms with E-state index in [4.69, 9.17) is 18.9 Å². The number of quaternary nitrogens is 1. The van der Waals surface area contributed by atoms with Crippen molar-refractivity contribution >= 4 is 17.9 Å². The molecule has 0 fully saturated rings. The highest BCUT2D eigenvalue weighted by molar-refractivity contribution is 5.71. The number of esters is 2.